The highest BCUT2D eigenvalue weighted by Gasteiger charge is 2.18. The Bertz CT molecular complexity index is 1160. The van der Waals surface area contributed by atoms with E-state index in [1.807, 2.05) is 13.8 Å². The molecule has 0 atom stereocenters. The first-order valence-electron chi connectivity index (χ1n) is 13.9. The molecule has 7 nitrogen and oxygen atoms in total. The molecule has 0 aliphatic heterocycles. The molecule has 2 aromatic rings. The van der Waals surface area contributed by atoms with Crippen LogP contribution >= 0.6 is 0 Å². The molecule has 3 rings (SSSR count). The molecule has 0 aromatic heterocycles. The minimum Gasteiger partial charge on any atom is -0.398 e. The first-order valence-corrected chi connectivity index (χ1v) is 15.5. The van der Waals surface area contributed by atoms with E-state index in [9.17, 15) is 8.42 Å². The smallest absolute Gasteiger partial charge is 0.213 e. The number of aryl methyl sites for hydroxylation is 1. The average Bonchev–Trinajstić information content (AvgIpc) is 2.85. The monoisotopic (exact) mass is 558 g/mol. The van der Waals surface area contributed by atoms with Crippen molar-refractivity contribution in [3.8, 4) is 11.1 Å². The molecule has 1 aliphatic carbocycles. The zero-order valence-electron chi connectivity index (χ0n) is 24.8. The van der Waals surface area contributed by atoms with Crippen molar-refractivity contribution < 1.29 is 13.2 Å². The average molecular weight is 559 g/mol. The number of carbonyl (C=O) groups is 1. The normalized spacial score (nSPS) is 13.1. The number of amides is 1. The molecule has 1 aliphatic rings. The van der Waals surface area contributed by atoms with Crippen LogP contribution in [0, 0.1) is 12.8 Å². The summed E-state index contributed by atoms with van der Waals surface area (Å²) in [6, 6.07) is 13.8. The SMILES string of the molecule is C=C(C)c1cc(-c2cccc(CNC3CCC3)c2)cc(C)c1N.CCN(CCC(C)C)S(=O)(=O)CC.NC=O. The number of sulfonamides is 1. The van der Waals surface area contributed by atoms with Crippen molar-refractivity contribution >= 4 is 27.7 Å². The van der Waals surface area contributed by atoms with Gasteiger partial charge in [0.15, 0.2) is 0 Å². The second-order valence-corrected chi connectivity index (χ2v) is 12.7. The van der Waals surface area contributed by atoms with E-state index in [-0.39, 0.29) is 12.2 Å². The third-order valence-corrected chi connectivity index (χ3v) is 8.83. The maximum atomic E-state index is 11.5. The minimum atomic E-state index is -2.97. The topological polar surface area (TPSA) is 119 Å². The predicted octanol–water partition coefficient (Wildman–Crippen LogP) is 5.73. The lowest BCUT2D eigenvalue weighted by atomic mass is 9.92. The van der Waals surface area contributed by atoms with E-state index in [1.165, 1.54) is 36.0 Å². The van der Waals surface area contributed by atoms with Crippen molar-refractivity contribution in [3.63, 3.8) is 0 Å². The third-order valence-electron chi connectivity index (χ3n) is 6.87. The summed E-state index contributed by atoms with van der Waals surface area (Å²) in [7, 11) is -2.97. The molecule has 1 fully saturated rings. The van der Waals surface area contributed by atoms with Crippen LogP contribution in [0.25, 0.3) is 16.7 Å². The van der Waals surface area contributed by atoms with Crippen LogP contribution in [0.2, 0.25) is 0 Å². The molecule has 218 valence electrons. The van der Waals surface area contributed by atoms with Gasteiger partial charge in [-0.3, -0.25) is 4.79 Å². The number of nitrogens with one attached hydrogen (secondary N) is 1. The summed E-state index contributed by atoms with van der Waals surface area (Å²) in [6.07, 6.45) is 5.19. The van der Waals surface area contributed by atoms with Crippen LogP contribution in [0.4, 0.5) is 5.69 Å². The highest BCUT2D eigenvalue weighted by atomic mass is 32.2. The largest absolute Gasteiger partial charge is 0.398 e. The maximum absolute atomic E-state index is 11.5. The molecule has 0 heterocycles. The zero-order chi connectivity index (χ0) is 29.6. The molecule has 39 heavy (non-hydrogen) atoms. The van der Waals surface area contributed by atoms with Crippen LogP contribution in [0.5, 0.6) is 0 Å². The van der Waals surface area contributed by atoms with E-state index in [4.69, 9.17) is 10.5 Å². The van der Waals surface area contributed by atoms with Gasteiger partial charge in [-0.05, 0) is 92.0 Å². The van der Waals surface area contributed by atoms with Gasteiger partial charge < -0.3 is 16.8 Å². The highest BCUT2D eigenvalue weighted by molar-refractivity contribution is 7.89. The molecular formula is C31H50N4O3S. The summed E-state index contributed by atoms with van der Waals surface area (Å²) >= 11 is 0. The lowest BCUT2D eigenvalue weighted by Crippen LogP contribution is -2.34. The summed E-state index contributed by atoms with van der Waals surface area (Å²) in [5, 5.41) is 3.63. The van der Waals surface area contributed by atoms with Gasteiger partial charge in [-0.1, -0.05) is 52.0 Å². The van der Waals surface area contributed by atoms with E-state index in [0.717, 1.165) is 35.4 Å². The first kappa shape index (κ1) is 34.3. The van der Waals surface area contributed by atoms with Gasteiger partial charge in [0.2, 0.25) is 16.4 Å². The second kappa shape index (κ2) is 17.1. The molecular weight excluding hydrogens is 508 g/mol. The number of nitrogens with two attached hydrogens (primary N) is 2. The fraction of sp³-hybridized carbons (Fsp3) is 0.516. The number of allylic oxidation sites excluding steroid dienone is 1. The molecule has 0 spiro atoms. The lowest BCUT2D eigenvalue weighted by Gasteiger charge is -2.26. The molecule has 0 saturated heterocycles. The molecule has 0 bridgehead atoms. The Morgan fingerprint density at radius 2 is 1.82 bits per heavy atom. The van der Waals surface area contributed by atoms with E-state index < -0.39 is 10.0 Å². The van der Waals surface area contributed by atoms with Gasteiger partial charge in [-0.25, -0.2) is 12.7 Å². The number of hydrogen-bond acceptors (Lipinski definition) is 5. The Morgan fingerprint density at radius 1 is 1.18 bits per heavy atom. The number of hydrogen-bond donors (Lipinski definition) is 3. The van der Waals surface area contributed by atoms with Crippen LogP contribution < -0.4 is 16.8 Å². The number of anilines is 1. The number of rotatable bonds is 11. The number of primary amides is 1. The fourth-order valence-electron chi connectivity index (χ4n) is 4.13. The highest BCUT2D eigenvalue weighted by Crippen LogP contribution is 2.31. The number of carbonyl (C=O) groups excluding carboxylic acids is 1. The van der Waals surface area contributed by atoms with Crippen molar-refractivity contribution in [2.75, 3.05) is 24.6 Å². The van der Waals surface area contributed by atoms with Crippen molar-refractivity contribution in [1.29, 1.82) is 0 Å². The van der Waals surface area contributed by atoms with Crippen molar-refractivity contribution in [1.82, 2.24) is 9.62 Å². The van der Waals surface area contributed by atoms with Crippen LogP contribution in [0.3, 0.4) is 0 Å². The Kier molecular flexibility index (Phi) is 15.1. The first-order chi connectivity index (χ1) is 18.4. The van der Waals surface area contributed by atoms with E-state index in [1.54, 1.807) is 11.2 Å². The van der Waals surface area contributed by atoms with Gasteiger partial charge in [0.05, 0.1) is 5.75 Å². The van der Waals surface area contributed by atoms with Crippen LogP contribution in [-0.2, 0) is 21.4 Å². The fourth-order valence-corrected chi connectivity index (χ4v) is 5.27. The molecule has 5 N–H and O–H groups in total. The molecule has 2 aromatic carbocycles. The molecule has 1 saturated carbocycles. The number of benzene rings is 2. The minimum absolute atomic E-state index is 0.207. The summed E-state index contributed by atoms with van der Waals surface area (Å²) in [6.45, 7) is 18.1. The third kappa shape index (κ3) is 11.5. The number of nitrogens with zero attached hydrogens (tertiary/aromatic N) is 1. The van der Waals surface area contributed by atoms with Crippen molar-refractivity contribution in [3.05, 3.63) is 59.7 Å². The van der Waals surface area contributed by atoms with Gasteiger partial charge in [0.1, 0.15) is 0 Å². The molecule has 8 heteroatoms. The number of nitrogen functional groups attached to an aromatic ring is 1. The summed E-state index contributed by atoms with van der Waals surface area (Å²) < 4.78 is 24.5. The van der Waals surface area contributed by atoms with Gasteiger partial charge in [-0.15, -0.1) is 0 Å². The zero-order valence-corrected chi connectivity index (χ0v) is 25.6. The van der Waals surface area contributed by atoms with E-state index in [0.29, 0.717) is 25.0 Å². The standard InChI is InChI=1S/C21H26N2.C9H21NO2S.CH3NO/c1-14(2)20-12-18(10-15(3)21(20)22)17-7-4-6-16(11-17)13-23-19-8-5-9-19;1-5-10(8-7-9(3)4)13(11,12)6-2;2-1-3/h4,6-7,10-12,19,23H,1,5,8-9,13,22H2,2-3H3;9H,5-8H2,1-4H3;1H,(H2,2,3). The Balaban J connectivity index is 0.000000406. The van der Waals surface area contributed by atoms with Crippen LogP contribution in [0.1, 0.15) is 77.0 Å². The summed E-state index contributed by atoms with van der Waals surface area (Å²) in [4.78, 5) is 8.58. The van der Waals surface area contributed by atoms with E-state index >= 15 is 0 Å². The van der Waals surface area contributed by atoms with Gasteiger partial charge in [0, 0.05) is 36.9 Å². The van der Waals surface area contributed by atoms with Crippen molar-refractivity contribution in [2.24, 2.45) is 11.7 Å². The molecule has 1 amide bonds. The Hall–Kier alpha value is -2.68. The maximum Gasteiger partial charge on any atom is 0.213 e. The Morgan fingerprint density at radius 3 is 2.31 bits per heavy atom. The Labute approximate surface area is 237 Å². The van der Waals surface area contributed by atoms with Crippen molar-refractivity contribution in [2.45, 2.75) is 79.8 Å². The van der Waals surface area contributed by atoms with Crippen LogP contribution in [-0.4, -0.2) is 44.0 Å². The van der Waals surface area contributed by atoms with Gasteiger partial charge >= 0.3 is 0 Å². The van der Waals surface area contributed by atoms with Gasteiger partial charge in [-0.2, -0.15) is 0 Å². The summed E-state index contributed by atoms with van der Waals surface area (Å²) in [5.74, 6) is 0.764. The van der Waals surface area contributed by atoms with E-state index in [2.05, 4.69) is 74.8 Å². The molecule has 0 unspecified atom stereocenters. The predicted molar refractivity (Wildman–Crippen MR) is 167 cm³/mol. The second-order valence-electron chi connectivity index (χ2n) is 10.5. The molecule has 0 radical (unpaired) electrons. The summed E-state index contributed by atoms with van der Waals surface area (Å²) in [5.41, 5.74) is 18.2. The lowest BCUT2D eigenvalue weighted by molar-refractivity contribution is -0.106. The van der Waals surface area contributed by atoms with Gasteiger partial charge in [0.25, 0.3) is 0 Å². The quantitative estimate of drug-likeness (QED) is 0.241. The van der Waals surface area contributed by atoms with Crippen LogP contribution in [0.15, 0.2) is 43.0 Å².